The van der Waals surface area contributed by atoms with Crippen molar-refractivity contribution in [2.75, 3.05) is 0 Å². The lowest BCUT2D eigenvalue weighted by molar-refractivity contribution is 1.08. The zero-order chi connectivity index (χ0) is 14.4. The Morgan fingerprint density at radius 2 is 1.76 bits per heavy atom. The van der Waals surface area contributed by atoms with Gasteiger partial charge in [-0.1, -0.05) is 45.7 Å². The molecule has 2 aromatic heterocycles. The van der Waals surface area contributed by atoms with Crippen LogP contribution in [0.25, 0.3) is 27.8 Å². The van der Waals surface area contributed by atoms with Gasteiger partial charge in [0.25, 0.3) is 0 Å². The van der Waals surface area contributed by atoms with Gasteiger partial charge in [-0.05, 0) is 29.0 Å². The summed E-state index contributed by atoms with van der Waals surface area (Å²) < 4.78 is 2.89. The van der Waals surface area contributed by atoms with E-state index in [4.69, 9.17) is 11.6 Å². The lowest BCUT2D eigenvalue weighted by Crippen LogP contribution is -1.91. The van der Waals surface area contributed by atoms with Gasteiger partial charge in [-0.3, -0.25) is 4.40 Å². The molecule has 2 heterocycles. The van der Waals surface area contributed by atoms with Gasteiger partial charge >= 0.3 is 0 Å². The van der Waals surface area contributed by atoms with Crippen LogP contribution in [0.4, 0.5) is 0 Å². The summed E-state index contributed by atoms with van der Waals surface area (Å²) in [4.78, 5) is 4.08. The van der Waals surface area contributed by atoms with E-state index in [1.54, 1.807) is 12.4 Å². The Morgan fingerprint density at radius 3 is 2.67 bits per heavy atom. The first-order valence-corrected chi connectivity index (χ1v) is 7.44. The van der Waals surface area contributed by atoms with Crippen LogP contribution in [0.15, 0.2) is 53.3 Å². The molecule has 0 spiro atoms. The van der Waals surface area contributed by atoms with Gasteiger partial charge in [0, 0.05) is 16.1 Å². The van der Waals surface area contributed by atoms with E-state index in [0.29, 0.717) is 10.8 Å². The minimum atomic E-state index is 0.407. The maximum atomic E-state index is 5.87. The molecule has 4 rings (SSSR count). The first-order valence-electron chi connectivity index (χ1n) is 6.27. The molecule has 0 saturated carbocycles. The van der Waals surface area contributed by atoms with Crippen molar-refractivity contribution in [3.63, 3.8) is 0 Å². The first-order chi connectivity index (χ1) is 10.2. The Balaban J connectivity index is 1.93. The van der Waals surface area contributed by atoms with Crippen LogP contribution >= 0.6 is 27.5 Å². The molecule has 0 saturated heterocycles. The molecule has 4 nitrogen and oxygen atoms in total. The molecular weight excluding hydrogens is 352 g/mol. The molecule has 0 N–H and O–H groups in total. The Hall–Kier alpha value is -1.98. The lowest BCUT2D eigenvalue weighted by atomic mass is 10.1. The van der Waals surface area contributed by atoms with Gasteiger partial charge in [-0.25, -0.2) is 4.98 Å². The highest BCUT2D eigenvalue weighted by molar-refractivity contribution is 9.10. The number of aromatic nitrogens is 4. The lowest BCUT2D eigenvalue weighted by Gasteiger charge is -2.03. The van der Waals surface area contributed by atoms with Gasteiger partial charge in [0.1, 0.15) is 11.5 Å². The highest BCUT2D eigenvalue weighted by Crippen LogP contribution is 2.26. The van der Waals surface area contributed by atoms with Gasteiger partial charge in [0.15, 0.2) is 11.5 Å². The normalized spacial score (nSPS) is 11.3. The predicted octanol–water partition coefficient (Wildman–Crippen LogP) is 4.36. The molecule has 0 atom stereocenters. The number of fused-ring (bicyclic) bond motifs is 2. The number of benzene rings is 2. The Bertz CT molecular complexity index is 980. The Morgan fingerprint density at radius 1 is 0.952 bits per heavy atom. The first kappa shape index (κ1) is 12.7. The zero-order valence-electron chi connectivity index (χ0n) is 10.7. The van der Waals surface area contributed by atoms with Crippen LogP contribution in [0.5, 0.6) is 0 Å². The van der Waals surface area contributed by atoms with Crippen molar-refractivity contribution in [3.05, 3.63) is 58.4 Å². The van der Waals surface area contributed by atoms with Crippen molar-refractivity contribution >= 4 is 44.0 Å². The summed E-state index contributed by atoms with van der Waals surface area (Å²) in [5, 5.41) is 11.1. The Labute approximate surface area is 133 Å². The second-order valence-electron chi connectivity index (χ2n) is 4.67. The van der Waals surface area contributed by atoms with Crippen molar-refractivity contribution in [1.29, 1.82) is 0 Å². The molecule has 0 aliphatic rings. The molecule has 21 heavy (non-hydrogen) atoms. The molecular formula is C15H8BrClN4. The van der Waals surface area contributed by atoms with E-state index in [1.807, 2.05) is 16.5 Å². The van der Waals surface area contributed by atoms with Crippen LogP contribution in [0.1, 0.15) is 0 Å². The third kappa shape index (κ3) is 2.18. The van der Waals surface area contributed by atoms with E-state index in [2.05, 4.69) is 55.4 Å². The smallest absolute Gasteiger partial charge is 0.169 e. The molecule has 0 fully saturated rings. The molecule has 6 heteroatoms. The standard InChI is InChI=1S/C15H8BrClN4/c16-12-4-3-9-5-11(2-1-10(9)6-12)15-20-19-14-7-13(17)18-8-21(14)15/h1-8H. The third-order valence-corrected chi connectivity index (χ3v) is 4.03. The minimum Gasteiger partial charge on any atom is -0.265 e. The fourth-order valence-electron chi connectivity index (χ4n) is 2.32. The largest absolute Gasteiger partial charge is 0.265 e. The van der Waals surface area contributed by atoms with Crippen LogP contribution in [0.2, 0.25) is 5.15 Å². The van der Waals surface area contributed by atoms with Crippen molar-refractivity contribution in [3.8, 4) is 11.4 Å². The molecule has 0 aliphatic carbocycles. The number of rotatable bonds is 1. The van der Waals surface area contributed by atoms with Crippen molar-refractivity contribution in [2.45, 2.75) is 0 Å². The molecule has 102 valence electrons. The molecule has 2 aromatic carbocycles. The fraction of sp³-hybridized carbons (Fsp3) is 0. The molecule has 4 aromatic rings. The van der Waals surface area contributed by atoms with Crippen LogP contribution in [-0.4, -0.2) is 19.6 Å². The summed E-state index contributed by atoms with van der Waals surface area (Å²) in [5.41, 5.74) is 1.67. The van der Waals surface area contributed by atoms with Gasteiger partial charge < -0.3 is 0 Å². The fourth-order valence-corrected chi connectivity index (χ4v) is 2.84. The predicted molar refractivity (Wildman–Crippen MR) is 86.4 cm³/mol. The maximum absolute atomic E-state index is 5.87. The van der Waals surface area contributed by atoms with E-state index in [0.717, 1.165) is 21.2 Å². The second kappa shape index (κ2) is 4.79. The van der Waals surface area contributed by atoms with E-state index >= 15 is 0 Å². The average molecular weight is 360 g/mol. The number of hydrogen-bond donors (Lipinski definition) is 0. The SMILES string of the molecule is Clc1cc2nnc(-c3ccc4cc(Br)ccc4c3)n2cn1. The summed E-state index contributed by atoms with van der Waals surface area (Å²) in [7, 11) is 0. The number of hydrogen-bond acceptors (Lipinski definition) is 3. The van der Waals surface area contributed by atoms with Gasteiger partial charge in [0.05, 0.1) is 0 Å². The minimum absolute atomic E-state index is 0.407. The van der Waals surface area contributed by atoms with Crippen LogP contribution < -0.4 is 0 Å². The van der Waals surface area contributed by atoms with E-state index in [-0.39, 0.29) is 0 Å². The third-order valence-electron chi connectivity index (χ3n) is 3.33. The van der Waals surface area contributed by atoms with Crippen LogP contribution in [-0.2, 0) is 0 Å². The van der Waals surface area contributed by atoms with Crippen LogP contribution in [0, 0.1) is 0 Å². The number of halogens is 2. The maximum Gasteiger partial charge on any atom is 0.169 e. The quantitative estimate of drug-likeness (QED) is 0.474. The summed E-state index contributed by atoms with van der Waals surface area (Å²) >= 11 is 9.35. The molecule has 0 unspecified atom stereocenters. The van der Waals surface area contributed by atoms with Crippen molar-refractivity contribution < 1.29 is 0 Å². The highest BCUT2D eigenvalue weighted by atomic mass is 79.9. The second-order valence-corrected chi connectivity index (χ2v) is 5.97. The van der Waals surface area contributed by atoms with Crippen molar-refractivity contribution in [2.24, 2.45) is 0 Å². The summed E-state index contributed by atoms with van der Waals surface area (Å²) in [6, 6.07) is 14.1. The average Bonchev–Trinajstić information content (AvgIpc) is 2.89. The Kier molecular flexibility index (Phi) is 2.90. The number of nitrogens with zero attached hydrogens (tertiary/aromatic N) is 4. The molecule has 0 amide bonds. The van der Waals surface area contributed by atoms with Gasteiger partial charge in [-0.15, -0.1) is 10.2 Å². The van der Waals surface area contributed by atoms with E-state index in [9.17, 15) is 0 Å². The topological polar surface area (TPSA) is 43.1 Å². The molecule has 0 radical (unpaired) electrons. The van der Waals surface area contributed by atoms with Crippen LogP contribution in [0.3, 0.4) is 0 Å². The molecule has 0 bridgehead atoms. The van der Waals surface area contributed by atoms with Crippen molar-refractivity contribution in [1.82, 2.24) is 19.6 Å². The van der Waals surface area contributed by atoms with E-state index < -0.39 is 0 Å². The summed E-state index contributed by atoms with van der Waals surface area (Å²) in [6.07, 6.45) is 1.64. The zero-order valence-corrected chi connectivity index (χ0v) is 13.0. The summed E-state index contributed by atoms with van der Waals surface area (Å²) in [6.45, 7) is 0. The van der Waals surface area contributed by atoms with E-state index in [1.165, 1.54) is 5.39 Å². The monoisotopic (exact) mass is 358 g/mol. The summed E-state index contributed by atoms with van der Waals surface area (Å²) in [5.74, 6) is 0.749. The highest BCUT2D eigenvalue weighted by Gasteiger charge is 2.09. The van der Waals surface area contributed by atoms with Gasteiger partial charge in [-0.2, -0.15) is 0 Å². The molecule has 0 aliphatic heterocycles. The van der Waals surface area contributed by atoms with Gasteiger partial charge in [0.2, 0.25) is 0 Å².